The van der Waals surface area contributed by atoms with Gasteiger partial charge in [-0.05, 0) is 6.92 Å². The average Bonchev–Trinajstić information content (AvgIpc) is 2.04. The van der Waals surface area contributed by atoms with Gasteiger partial charge in [0.25, 0.3) is 0 Å². The summed E-state index contributed by atoms with van der Waals surface area (Å²) in [5.41, 5.74) is 6.18. The van der Waals surface area contributed by atoms with Gasteiger partial charge in [-0.2, -0.15) is 0 Å². The Balaban J connectivity index is 3.03. The van der Waals surface area contributed by atoms with Gasteiger partial charge in [-0.15, -0.1) is 0 Å². The molecule has 0 aromatic heterocycles. The van der Waals surface area contributed by atoms with Crippen LogP contribution in [0.15, 0.2) is 26.8 Å². The molecule has 0 amide bonds. The lowest BCUT2D eigenvalue weighted by Crippen LogP contribution is -2.20. The van der Waals surface area contributed by atoms with Crippen LogP contribution in [0.2, 0.25) is 0 Å². The molecule has 4 nitrogen and oxygen atoms in total. The van der Waals surface area contributed by atoms with Crippen molar-refractivity contribution in [1.82, 2.24) is 0 Å². The summed E-state index contributed by atoms with van der Waals surface area (Å²) in [6.45, 7) is 1.88. The van der Waals surface area contributed by atoms with Crippen LogP contribution in [0.5, 0.6) is 0 Å². The van der Waals surface area contributed by atoms with Crippen molar-refractivity contribution in [3.8, 4) is 0 Å². The van der Waals surface area contributed by atoms with E-state index in [0.29, 0.717) is 11.7 Å². The first-order valence-corrected chi connectivity index (χ1v) is 3.29. The van der Waals surface area contributed by atoms with Gasteiger partial charge in [0.15, 0.2) is 5.84 Å². The molecule has 58 valence electrons. The predicted octanol–water partition coefficient (Wildman–Crippen LogP) is 0.360. The number of hydrogen-bond donors (Lipinski definition) is 1. The molecular weight excluding hydrogens is 140 g/mol. The Morgan fingerprint density at radius 1 is 1.64 bits per heavy atom. The fourth-order valence-corrected chi connectivity index (χ4v) is 0.770. The fraction of sp³-hybridized carbons (Fsp3) is 0.286. The molecule has 1 heterocycles. The zero-order valence-electron chi connectivity index (χ0n) is 6.57. The predicted molar refractivity (Wildman–Crippen MR) is 47.2 cm³/mol. The summed E-state index contributed by atoms with van der Waals surface area (Å²) in [6, 6.07) is 0. The van der Waals surface area contributed by atoms with E-state index < -0.39 is 0 Å². The van der Waals surface area contributed by atoms with Gasteiger partial charge in [0.05, 0.1) is 6.21 Å². The third kappa shape index (κ3) is 1.52. The molecule has 0 bridgehead atoms. The van der Waals surface area contributed by atoms with Crippen LogP contribution in [0.1, 0.15) is 6.92 Å². The molecule has 11 heavy (non-hydrogen) atoms. The molecule has 0 radical (unpaired) electrons. The first kappa shape index (κ1) is 7.65. The second-order valence-electron chi connectivity index (χ2n) is 2.02. The number of rotatable bonds is 0. The van der Waals surface area contributed by atoms with E-state index in [2.05, 4.69) is 15.0 Å². The molecule has 0 spiro atoms. The maximum Gasteiger partial charge on any atom is 0.175 e. The van der Waals surface area contributed by atoms with Crippen molar-refractivity contribution in [2.75, 3.05) is 7.05 Å². The summed E-state index contributed by atoms with van der Waals surface area (Å²) >= 11 is 0. The van der Waals surface area contributed by atoms with Crippen LogP contribution < -0.4 is 5.73 Å². The largest absolute Gasteiger partial charge is 0.382 e. The molecular formula is C7H10N4. The van der Waals surface area contributed by atoms with E-state index in [0.717, 1.165) is 5.70 Å². The van der Waals surface area contributed by atoms with Crippen molar-refractivity contribution >= 4 is 17.9 Å². The SMILES string of the molecule is C/C=C1/N=CC(N)=NC1=NC. The molecule has 0 saturated carbocycles. The van der Waals surface area contributed by atoms with Gasteiger partial charge < -0.3 is 5.73 Å². The van der Waals surface area contributed by atoms with Crippen LogP contribution >= 0.6 is 0 Å². The lowest BCUT2D eigenvalue weighted by molar-refractivity contribution is 1.31. The summed E-state index contributed by atoms with van der Waals surface area (Å²) < 4.78 is 0. The van der Waals surface area contributed by atoms with Crippen LogP contribution in [-0.2, 0) is 0 Å². The van der Waals surface area contributed by atoms with Crippen LogP contribution in [0.25, 0.3) is 0 Å². The van der Waals surface area contributed by atoms with Crippen molar-refractivity contribution in [1.29, 1.82) is 0 Å². The minimum absolute atomic E-state index is 0.399. The monoisotopic (exact) mass is 150 g/mol. The van der Waals surface area contributed by atoms with Crippen LogP contribution in [0, 0.1) is 0 Å². The number of aliphatic imine (C=N–C) groups is 3. The zero-order valence-corrected chi connectivity index (χ0v) is 6.57. The van der Waals surface area contributed by atoms with Crippen LogP contribution in [-0.4, -0.2) is 24.9 Å². The number of hydrogen-bond acceptors (Lipinski definition) is 3. The van der Waals surface area contributed by atoms with E-state index in [1.165, 1.54) is 6.21 Å². The number of nitrogens with zero attached hydrogens (tertiary/aromatic N) is 3. The molecule has 4 heteroatoms. The summed E-state index contributed by atoms with van der Waals surface area (Å²) in [4.78, 5) is 11.9. The first-order valence-electron chi connectivity index (χ1n) is 3.29. The summed E-state index contributed by atoms with van der Waals surface area (Å²) in [6.07, 6.45) is 3.36. The van der Waals surface area contributed by atoms with Gasteiger partial charge in [0.2, 0.25) is 0 Å². The molecule has 1 aliphatic rings. The van der Waals surface area contributed by atoms with Crippen molar-refractivity contribution in [2.45, 2.75) is 6.92 Å². The Labute approximate surface area is 65.3 Å². The summed E-state index contributed by atoms with van der Waals surface area (Å²) in [7, 11) is 1.66. The highest BCUT2D eigenvalue weighted by Gasteiger charge is 2.06. The Bertz CT molecular complexity index is 270. The fourth-order valence-electron chi connectivity index (χ4n) is 0.770. The Hall–Kier alpha value is -1.45. The number of allylic oxidation sites excluding steroid dienone is 1. The molecule has 1 aliphatic heterocycles. The van der Waals surface area contributed by atoms with Crippen molar-refractivity contribution < 1.29 is 0 Å². The average molecular weight is 150 g/mol. The highest BCUT2D eigenvalue weighted by atomic mass is 15.0. The number of nitrogens with two attached hydrogens (primary N) is 1. The second-order valence-corrected chi connectivity index (χ2v) is 2.02. The lowest BCUT2D eigenvalue weighted by Gasteiger charge is -2.05. The quantitative estimate of drug-likeness (QED) is 0.532. The molecule has 2 N–H and O–H groups in total. The molecule has 0 fully saturated rings. The number of amidine groups is 2. The third-order valence-corrected chi connectivity index (χ3v) is 1.29. The summed E-state index contributed by atoms with van der Waals surface area (Å²) in [5, 5.41) is 0. The molecule has 0 aromatic carbocycles. The maximum absolute atomic E-state index is 5.41. The Kier molecular flexibility index (Phi) is 2.15. The molecule has 0 aliphatic carbocycles. The Morgan fingerprint density at radius 3 is 2.91 bits per heavy atom. The van der Waals surface area contributed by atoms with E-state index in [1.54, 1.807) is 7.05 Å². The maximum atomic E-state index is 5.41. The van der Waals surface area contributed by atoms with Gasteiger partial charge in [-0.1, -0.05) is 6.08 Å². The Morgan fingerprint density at radius 2 is 2.36 bits per heavy atom. The van der Waals surface area contributed by atoms with Gasteiger partial charge in [0, 0.05) is 7.05 Å². The van der Waals surface area contributed by atoms with Gasteiger partial charge in [-0.25, -0.2) is 9.98 Å². The highest BCUT2D eigenvalue weighted by Crippen LogP contribution is 2.04. The van der Waals surface area contributed by atoms with Crippen molar-refractivity contribution in [2.24, 2.45) is 20.7 Å². The van der Waals surface area contributed by atoms with E-state index >= 15 is 0 Å². The van der Waals surface area contributed by atoms with Crippen molar-refractivity contribution in [3.05, 3.63) is 11.8 Å². The summed E-state index contributed by atoms with van der Waals surface area (Å²) in [5.74, 6) is 0.990. The molecule has 0 atom stereocenters. The van der Waals surface area contributed by atoms with Crippen LogP contribution in [0.4, 0.5) is 0 Å². The lowest BCUT2D eigenvalue weighted by atomic mass is 10.3. The smallest absolute Gasteiger partial charge is 0.175 e. The molecule has 0 aromatic rings. The zero-order chi connectivity index (χ0) is 8.27. The van der Waals surface area contributed by atoms with Crippen LogP contribution in [0.3, 0.4) is 0 Å². The van der Waals surface area contributed by atoms with E-state index in [-0.39, 0.29) is 0 Å². The minimum atomic E-state index is 0.399. The second kappa shape index (κ2) is 3.09. The molecule has 0 unspecified atom stereocenters. The van der Waals surface area contributed by atoms with Crippen molar-refractivity contribution in [3.63, 3.8) is 0 Å². The normalized spacial score (nSPS) is 24.4. The molecule has 1 rings (SSSR count). The topological polar surface area (TPSA) is 63.1 Å². The third-order valence-electron chi connectivity index (χ3n) is 1.29. The van der Waals surface area contributed by atoms with E-state index in [4.69, 9.17) is 5.73 Å². The first-order chi connectivity index (χ1) is 5.27. The van der Waals surface area contributed by atoms with E-state index in [9.17, 15) is 0 Å². The molecule has 0 saturated heterocycles. The van der Waals surface area contributed by atoms with E-state index in [1.807, 2.05) is 13.0 Å². The minimum Gasteiger partial charge on any atom is -0.382 e. The standard InChI is InChI=1S/C7H10N4/c1-3-5-7(9-2)11-6(8)4-10-5/h3-4H,1-2H3,(H2,8,9,11)/b5-3+. The van der Waals surface area contributed by atoms with Gasteiger partial charge >= 0.3 is 0 Å². The van der Waals surface area contributed by atoms with Gasteiger partial charge in [-0.3, -0.25) is 4.99 Å². The highest BCUT2D eigenvalue weighted by molar-refractivity contribution is 6.34. The van der Waals surface area contributed by atoms with Gasteiger partial charge in [0.1, 0.15) is 11.5 Å².